The highest BCUT2D eigenvalue weighted by atomic mass is 16.5. The Bertz CT molecular complexity index is 1030. The number of nitrogens with one attached hydrogen (secondary N) is 2. The molecule has 2 aliphatic rings. The zero-order chi connectivity index (χ0) is 24.8. The Morgan fingerprint density at radius 3 is 2.26 bits per heavy atom. The van der Waals surface area contributed by atoms with E-state index in [2.05, 4.69) is 34.9 Å². The van der Waals surface area contributed by atoms with E-state index in [0.29, 0.717) is 6.42 Å². The molecule has 2 aromatic carbocycles. The summed E-state index contributed by atoms with van der Waals surface area (Å²) in [6, 6.07) is 16.3. The van der Waals surface area contributed by atoms with Crippen LogP contribution in [0.3, 0.4) is 0 Å². The second-order valence-electron chi connectivity index (χ2n) is 9.32. The van der Waals surface area contributed by atoms with E-state index in [-0.39, 0.29) is 43.4 Å². The number of aliphatic carboxylic acids is 1. The van der Waals surface area contributed by atoms with Crippen molar-refractivity contribution < 1.29 is 29.3 Å². The monoisotopic (exact) mass is 480 g/mol. The molecule has 2 aromatic rings. The van der Waals surface area contributed by atoms with Gasteiger partial charge in [-0.15, -0.1) is 0 Å². The molecule has 0 aliphatic heterocycles. The number of benzene rings is 2. The molecule has 1 saturated carbocycles. The van der Waals surface area contributed by atoms with Crippen molar-refractivity contribution in [3.8, 4) is 11.1 Å². The van der Waals surface area contributed by atoms with Crippen LogP contribution in [0.2, 0.25) is 0 Å². The van der Waals surface area contributed by atoms with Gasteiger partial charge in [-0.1, -0.05) is 61.4 Å². The quantitative estimate of drug-likeness (QED) is 0.436. The van der Waals surface area contributed by atoms with E-state index >= 15 is 0 Å². The molecule has 0 radical (unpaired) electrons. The first kappa shape index (κ1) is 24.7. The molecule has 8 heteroatoms. The van der Waals surface area contributed by atoms with Crippen molar-refractivity contribution >= 4 is 18.0 Å². The number of ether oxygens (including phenoxy) is 1. The number of amides is 2. The normalized spacial score (nSPS) is 19.8. The van der Waals surface area contributed by atoms with E-state index in [4.69, 9.17) is 9.84 Å². The van der Waals surface area contributed by atoms with Gasteiger partial charge < -0.3 is 25.6 Å². The lowest BCUT2D eigenvalue weighted by Crippen LogP contribution is -2.43. The predicted molar refractivity (Wildman–Crippen MR) is 130 cm³/mol. The van der Waals surface area contributed by atoms with Crippen LogP contribution in [0.1, 0.15) is 55.6 Å². The standard InChI is InChI=1S/C27H32N2O6/c30-24(26(32)33)15-28-25(31)14-13-17-7-1-6-12-23(17)29-27(34)35-16-22-20-10-4-2-8-18(20)19-9-3-5-11-21(19)22/h2-5,8-11,17,22-24,30H,1,6-7,12-16H2,(H,28,31)(H,29,34)(H,32,33). The van der Waals surface area contributed by atoms with Crippen LogP contribution in [-0.2, 0) is 14.3 Å². The third-order valence-electron chi connectivity index (χ3n) is 7.08. The molecule has 35 heavy (non-hydrogen) atoms. The first-order chi connectivity index (χ1) is 16.9. The third kappa shape index (κ3) is 6.00. The van der Waals surface area contributed by atoms with E-state index in [9.17, 15) is 19.5 Å². The molecule has 0 heterocycles. The van der Waals surface area contributed by atoms with E-state index in [1.165, 1.54) is 11.1 Å². The highest BCUT2D eigenvalue weighted by molar-refractivity contribution is 5.79. The maximum absolute atomic E-state index is 12.7. The van der Waals surface area contributed by atoms with Crippen LogP contribution in [-0.4, -0.2) is 53.5 Å². The Kier molecular flexibility index (Phi) is 8.02. The number of alkyl carbamates (subject to hydrolysis) is 1. The number of carboxylic acids is 1. The number of carbonyl (C=O) groups is 3. The minimum absolute atomic E-state index is 0.000141. The molecule has 186 valence electrons. The van der Waals surface area contributed by atoms with Crippen LogP contribution in [0.4, 0.5) is 4.79 Å². The van der Waals surface area contributed by atoms with Crippen LogP contribution >= 0.6 is 0 Å². The number of aliphatic hydroxyl groups excluding tert-OH is 1. The number of carboxylic acid groups (broad SMARTS) is 1. The van der Waals surface area contributed by atoms with Crippen LogP contribution in [0, 0.1) is 5.92 Å². The molecule has 8 nitrogen and oxygen atoms in total. The van der Waals surface area contributed by atoms with Crippen molar-refractivity contribution in [1.82, 2.24) is 10.6 Å². The number of fused-ring (bicyclic) bond motifs is 3. The van der Waals surface area contributed by atoms with Crippen molar-refractivity contribution in [2.45, 2.75) is 56.6 Å². The number of carbonyl (C=O) groups excluding carboxylic acids is 2. The molecule has 0 saturated heterocycles. The molecule has 4 rings (SSSR count). The third-order valence-corrected chi connectivity index (χ3v) is 7.08. The Labute approximate surface area is 204 Å². The van der Waals surface area contributed by atoms with Crippen LogP contribution in [0.25, 0.3) is 11.1 Å². The Morgan fingerprint density at radius 2 is 1.60 bits per heavy atom. The first-order valence-electron chi connectivity index (χ1n) is 12.2. The molecule has 4 N–H and O–H groups in total. The first-order valence-corrected chi connectivity index (χ1v) is 12.2. The van der Waals surface area contributed by atoms with Crippen LogP contribution in [0.15, 0.2) is 48.5 Å². The van der Waals surface area contributed by atoms with Gasteiger partial charge >= 0.3 is 12.1 Å². The summed E-state index contributed by atoms with van der Waals surface area (Å²) in [5, 5.41) is 23.5. The number of aliphatic hydroxyl groups is 1. The Morgan fingerprint density at radius 1 is 0.971 bits per heavy atom. The lowest BCUT2D eigenvalue weighted by molar-refractivity contribution is -0.146. The Balaban J connectivity index is 1.29. The molecule has 0 spiro atoms. The fraction of sp³-hybridized carbons (Fsp3) is 0.444. The van der Waals surface area contributed by atoms with Gasteiger partial charge in [0.25, 0.3) is 0 Å². The molecule has 2 amide bonds. The summed E-state index contributed by atoms with van der Waals surface area (Å²) in [7, 11) is 0. The van der Waals surface area contributed by atoms with Gasteiger partial charge in [0.15, 0.2) is 6.10 Å². The van der Waals surface area contributed by atoms with Crippen molar-refractivity contribution in [1.29, 1.82) is 0 Å². The van der Waals surface area contributed by atoms with E-state index in [1.54, 1.807) is 0 Å². The second-order valence-corrected chi connectivity index (χ2v) is 9.32. The van der Waals surface area contributed by atoms with Gasteiger partial charge in [0.05, 0.1) is 6.54 Å². The lowest BCUT2D eigenvalue weighted by atomic mass is 9.81. The highest BCUT2D eigenvalue weighted by Crippen LogP contribution is 2.44. The largest absolute Gasteiger partial charge is 0.479 e. The molecule has 2 aliphatic carbocycles. The fourth-order valence-corrected chi connectivity index (χ4v) is 5.24. The minimum Gasteiger partial charge on any atom is -0.479 e. The molecule has 0 aromatic heterocycles. The lowest BCUT2D eigenvalue weighted by Gasteiger charge is -2.32. The zero-order valence-electron chi connectivity index (χ0n) is 19.6. The predicted octanol–water partition coefficient (Wildman–Crippen LogP) is 3.43. The summed E-state index contributed by atoms with van der Waals surface area (Å²) in [6.07, 6.45) is 2.49. The molecule has 3 unspecified atom stereocenters. The summed E-state index contributed by atoms with van der Waals surface area (Å²) in [6.45, 7) is -0.0637. The van der Waals surface area contributed by atoms with E-state index in [1.807, 2.05) is 24.3 Å². The molecule has 0 bridgehead atoms. The van der Waals surface area contributed by atoms with Crippen molar-refractivity contribution in [3.05, 3.63) is 59.7 Å². The topological polar surface area (TPSA) is 125 Å². The SMILES string of the molecule is O=C(CCC1CCCCC1NC(=O)OCC1c2ccccc2-c2ccccc21)NCC(O)C(=O)O. The maximum Gasteiger partial charge on any atom is 0.407 e. The number of hydrogen-bond acceptors (Lipinski definition) is 5. The van der Waals surface area contributed by atoms with E-state index < -0.39 is 18.2 Å². The smallest absolute Gasteiger partial charge is 0.407 e. The molecular weight excluding hydrogens is 448 g/mol. The number of hydrogen-bond donors (Lipinski definition) is 4. The second kappa shape index (κ2) is 11.4. The molecule has 3 atom stereocenters. The average molecular weight is 481 g/mol. The van der Waals surface area contributed by atoms with Gasteiger partial charge in [-0.05, 0) is 47.4 Å². The van der Waals surface area contributed by atoms with Crippen molar-refractivity contribution in [3.63, 3.8) is 0 Å². The fourth-order valence-electron chi connectivity index (χ4n) is 5.24. The summed E-state index contributed by atoms with van der Waals surface area (Å²) in [4.78, 5) is 35.5. The van der Waals surface area contributed by atoms with Crippen molar-refractivity contribution in [2.75, 3.05) is 13.2 Å². The minimum atomic E-state index is -1.61. The van der Waals surface area contributed by atoms with Gasteiger partial charge in [0.2, 0.25) is 5.91 Å². The molecular formula is C27H32N2O6. The van der Waals surface area contributed by atoms with Crippen molar-refractivity contribution in [2.24, 2.45) is 5.92 Å². The van der Waals surface area contributed by atoms with Crippen LogP contribution in [0.5, 0.6) is 0 Å². The summed E-state index contributed by atoms with van der Waals surface area (Å²) < 4.78 is 5.69. The van der Waals surface area contributed by atoms with Crippen LogP contribution < -0.4 is 10.6 Å². The Hall–Kier alpha value is -3.39. The van der Waals surface area contributed by atoms with Gasteiger partial charge in [-0.25, -0.2) is 9.59 Å². The molecule has 1 fully saturated rings. The summed E-state index contributed by atoms with van der Waals surface area (Å²) >= 11 is 0. The average Bonchev–Trinajstić information content (AvgIpc) is 3.19. The van der Waals surface area contributed by atoms with E-state index in [0.717, 1.165) is 36.8 Å². The highest BCUT2D eigenvalue weighted by Gasteiger charge is 2.31. The van der Waals surface area contributed by atoms with Gasteiger partial charge in [-0.3, -0.25) is 4.79 Å². The summed E-state index contributed by atoms with van der Waals surface area (Å²) in [5.74, 6) is -1.54. The van der Waals surface area contributed by atoms with Gasteiger partial charge in [0, 0.05) is 18.4 Å². The zero-order valence-corrected chi connectivity index (χ0v) is 19.6. The summed E-state index contributed by atoms with van der Waals surface area (Å²) in [5.41, 5.74) is 4.68. The van der Waals surface area contributed by atoms with Gasteiger partial charge in [-0.2, -0.15) is 0 Å². The number of rotatable bonds is 9. The maximum atomic E-state index is 12.7. The van der Waals surface area contributed by atoms with Gasteiger partial charge in [0.1, 0.15) is 6.61 Å².